The number of Topliss-reactive ketones (excluding diaryl/α,β-unsaturated/α-hetero) is 1. The lowest BCUT2D eigenvalue weighted by Crippen LogP contribution is -2.27. The smallest absolute Gasteiger partial charge is 0.308 e. The molecule has 0 N–H and O–H groups in total. The van der Waals surface area contributed by atoms with E-state index in [1.165, 1.54) is 17.3 Å². The summed E-state index contributed by atoms with van der Waals surface area (Å²) in [7, 11) is 1.64. The molecular weight excluding hydrogens is 416 g/mol. The van der Waals surface area contributed by atoms with Gasteiger partial charge in [-0.05, 0) is 44.0 Å². The van der Waals surface area contributed by atoms with Crippen LogP contribution in [-0.2, 0) is 22.5 Å². The molecule has 2 heterocycles. The third-order valence-corrected chi connectivity index (χ3v) is 6.34. The quantitative estimate of drug-likeness (QED) is 0.411. The predicted molar refractivity (Wildman–Crippen MR) is 120 cm³/mol. The Morgan fingerprint density at radius 1 is 1.13 bits per heavy atom. The molecule has 0 radical (unpaired) electrons. The molecule has 0 aliphatic carbocycles. The van der Waals surface area contributed by atoms with E-state index in [1.807, 2.05) is 44.2 Å². The van der Waals surface area contributed by atoms with Crippen molar-refractivity contribution in [3.05, 3.63) is 52.8 Å². The third kappa shape index (κ3) is 5.91. The van der Waals surface area contributed by atoms with Crippen molar-refractivity contribution >= 4 is 28.8 Å². The monoisotopic (exact) mass is 444 g/mol. The molecule has 0 unspecified atom stereocenters. The van der Waals surface area contributed by atoms with Crippen molar-refractivity contribution in [3.63, 3.8) is 0 Å². The second-order valence-electron chi connectivity index (χ2n) is 7.47. The standard InChI is InChI=1S/C23H28N2O5S/c1-16-14-20(17(2)25(16)11-8-18-4-6-19(29-3)7-5-18)21(26)15-30-22(27)9-10-24-12-13-31-23(24)28/h4-7,14H,8-13,15H2,1-3H3. The van der Waals surface area contributed by atoms with Crippen LogP contribution < -0.4 is 4.74 Å². The lowest BCUT2D eigenvalue weighted by Gasteiger charge is -2.13. The first-order valence-corrected chi connectivity index (χ1v) is 11.3. The van der Waals surface area contributed by atoms with Gasteiger partial charge in [0.1, 0.15) is 5.75 Å². The number of hydrogen-bond donors (Lipinski definition) is 0. The lowest BCUT2D eigenvalue weighted by atomic mass is 10.1. The fourth-order valence-electron chi connectivity index (χ4n) is 3.61. The highest BCUT2D eigenvalue weighted by Crippen LogP contribution is 2.19. The highest BCUT2D eigenvalue weighted by Gasteiger charge is 2.22. The zero-order valence-electron chi connectivity index (χ0n) is 18.2. The number of carbonyl (C=O) groups excluding carboxylic acids is 3. The van der Waals surface area contributed by atoms with Gasteiger partial charge < -0.3 is 18.9 Å². The third-order valence-electron chi connectivity index (χ3n) is 5.45. The number of amides is 1. The van der Waals surface area contributed by atoms with E-state index in [0.717, 1.165) is 35.9 Å². The highest BCUT2D eigenvalue weighted by molar-refractivity contribution is 8.13. The van der Waals surface area contributed by atoms with E-state index in [4.69, 9.17) is 9.47 Å². The van der Waals surface area contributed by atoms with E-state index in [1.54, 1.807) is 12.0 Å². The molecule has 166 valence electrons. The van der Waals surface area contributed by atoms with Gasteiger partial charge in [0.15, 0.2) is 6.61 Å². The van der Waals surface area contributed by atoms with Gasteiger partial charge in [-0.2, -0.15) is 0 Å². The van der Waals surface area contributed by atoms with Crippen molar-refractivity contribution in [2.45, 2.75) is 33.2 Å². The average molecular weight is 445 g/mol. The Balaban J connectivity index is 1.51. The Labute approximate surface area is 186 Å². The minimum atomic E-state index is -0.466. The minimum Gasteiger partial charge on any atom is -0.497 e. The van der Waals surface area contributed by atoms with E-state index in [-0.39, 0.29) is 24.1 Å². The summed E-state index contributed by atoms with van der Waals surface area (Å²) in [6.07, 6.45) is 0.928. The van der Waals surface area contributed by atoms with Gasteiger partial charge in [0.25, 0.3) is 5.24 Å². The Morgan fingerprint density at radius 2 is 1.87 bits per heavy atom. The molecule has 3 rings (SSSR count). The van der Waals surface area contributed by atoms with Crippen LogP contribution >= 0.6 is 11.8 Å². The van der Waals surface area contributed by atoms with E-state index < -0.39 is 5.97 Å². The van der Waals surface area contributed by atoms with Crippen molar-refractivity contribution in [1.82, 2.24) is 9.47 Å². The molecule has 31 heavy (non-hydrogen) atoms. The largest absolute Gasteiger partial charge is 0.497 e. The summed E-state index contributed by atoms with van der Waals surface area (Å²) in [5, 5.41) is -0.00837. The Bertz CT molecular complexity index is 952. The molecule has 2 aromatic rings. The van der Waals surface area contributed by atoms with Gasteiger partial charge in [-0.25, -0.2) is 0 Å². The number of hydrogen-bond acceptors (Lipinski definition) is 6. The summed E-state index contributed by atoms with van der Waals surface area (Å²) in [6.45, 7) is 5.32. The Morgan fingerprint density at radius 3 is 2.52 bits per heavy atom. The average Bonchev–Trinajstić information content (AvgIpc) is 3.31. The maximum Gasteiger partial charge on any atom is 0.308 e. The van der Waals surface area contributed by atoms with Gasteiger partial charge in [-0.15, -0.1) is 0 Å². The molecule has 1 amide bonds. The van der Waals surface area contributed by atoms with Crippen LogP contribution in [0.1, 0.15) is 33.7 Å². The van der Waals surface area contributed by atoms with Gasteiger partial charge in [0, 0.05) is 42.3 Å². The number of ketones is 1. The van der Waals surface area contributed by atoms with Gasteiger partial charge in [0.05, 0.1) is 13.5 Å². The normalized spacial score (nSPS) is 13.5. The first-order chi connectivity index (χ1) is 14.9. The van der Waals surface area contributed by atoms with Crippen LogP contribution in [0.4, 0.5) is 4.79 Å². The van der Waals surface area contributed by atoms with Crippen LogP contribution in [0.15, 0.2) is 30.3 Å². The van der Waals surface area contributed by atoms with Crippen molar-refractivity contribution in [1.29, 1.82) is 0 Å². The topological polar surface area (TPSA) is 77.8 Å². The number of rotatable bonds is 10. The van der Waals surface area contributed by atoms with Gasteiger partial charge in [0.2, 0.25) is 5.78 Å². The number of carbonyl (C=O) groups is 3. The van der Waals surface area contributed by atoms with Crippen molar-refractivity contribution < 1.29 is 23.9 Å². The number of aromatic nitrogens is 1. The number of benzene rings is 1. The molecule has 1 aliphatic rings. The minimum absolute atomic E-state index is 0.00837. The maximum atomic E-state index is 12.6. The zero-order chi connectivity index (χ0) is 22.4. The van der Waals surface area contributed by atoms with Crippen LogP contribution in [0.25, 0.3) is 0 Å². The summed E-state index contributed by atoms with van der Waals surface area (Å²) in [6, 6.07) is 9.79. The molecule has 0 spiro atoms. The summed E-state index contributed by atoms with van der Waals surface area (Å²) in [5.41, 5.74) is 3.62. The number of methoxy groups -OCH3 is 1. The summed E-state index contributed by atoms with van der Waals surface area (Å²) >= 11 is 1.25. The number of aryl methyl sites for hydroxylation is 2. The second kappa shape index (κ2) is 10.5. The lowest BCUT2D eigenvalue weighted by molar-refractivity contribution is -0.142. The number of esters is 1. The Hall–Kier alpha value is -2.74. The molecule has 1 fully saturated rings. The molecule has 8 heteroatoms. The molecule has 1 aromatic carbocycles. The number of ether oxygens (including phenoxy) is 2. The molecule has 1 aliphatic heterocycles. The molecule has 0 saturated carbocycles. The summed E-state index contributed by atoms with van der Waals surface area (Å²) < 4.78 is 12.4. The van der Waals surface area contributed by atoms with E-state index in [0.29, 0.717) is 18.7 Å². The van der Waals surface area contributed by atoms with Crippen LogP contribution in [0.5, 0.6) is 5.75 Å². The van der Waals surface area contributed by atoms with Crippen molar-refractivity contribution in [2.75, 3.05) is 32.6 Å². The van der Waals surface area contributed by atoms with Crippen LogP contribution in [-0.4, -0.2) is 59.0 Å². The van der Waals surface area contributed by atoms with Crippen LogP contribution in [0.2, 0.25) is 0 Å². The Kier molecular flexibility index (Phi) is 7.79. The van der Waals surface area contributed by atoms with E-state index >= 15 is 0 Å². The first kappa shape index (κ1) is 22.9. The van der Waals surface area contributed by atoms with Gasteiger partial charge in [-0.3, -0.25) is 14.4 Å². The van der Waals surface area contributed by atoms with Crippen molar-refractivity contribution in [3.8, 4) is 5.75 Å². The zero-order valence-corrected chi connectivity index (χ0v) is 19.0. The number of thioether (sulfide) groups is 1. The fourth-order valence-corrected chi connectivity index (χ4v) is 4.46. The predicted octanol–water partition coefficient (Wildman–Crippen LogP) is 3.64. The number of nitrogens with zero attached hydrogens (tertiary/aromatic N) is 2. The first-order valence-electron chi connectivity index (χ1n) is 10.3. The molecule has 7 nitrogen and oxygen atoms in total. The van der Waals surface area contributed by atoms with E-state index in [9.17, 15) is 14.4 Å². The SMILES string of the molecule is COc1ccc(CCn2c(C)cc(C(=O)COC(=O)CCN3CCSC3=O)c2C)cc1. The second-order valence-corrected chi connectivity index (χ2v) is 8.52. The van der Waals surface area contributed by atoms with Crippen molar-refractivity contribution in [2.24, 2.45) is 0 Å². The molecule has 0 bridgehead atoms. The van der Waals surface area contributed by atoms with Crippen LogP contribution in [0, 0.1) is 13.8 Å². The van der Waals surface area contributed by atoms with Crippen LogP contribution in [0.3, 0.4) is 0 Å². The summed E-state index contributed by atoms with van der Waals surface area (Å²) in [5.74, 6) is 0.891. The molecule has 0 atom stereocenters. The van der Waals surface area contributed by atoms with Gasteiger partial charge in [-0.1, -0.05) is 23.9 Å². The highest BCUT2D eigenvalue weighted by atomic mass is 32.2. The fraction of sp³-hybridized carbons (Fsp3) is 0.435. The molecule has 1 saturated heterocycles. The molecule has 1 aromatic heterocycles. The van der Waals surface area contributed by atoms with E-state index in [2.05, 4.69) is 4.57 Å². The van der Waals surface area contributed by atoms with Gasteiger partial charge >= 0.3 is 5.97 Å². The maximum absolute atomic E-state index is 12.6. The molecular formula is C23H28N2O5S. The summed E-state index contributed by atoms with van der Waals surface area (Å²) in [4.78, 5) is 37.8.